The van der Waals surface area contributed by atoms with Crippen LogP contribution in [0.1, 0.15) is 37.2 Å². The molecule has 2 aromatic rings. The molecule has 27 heavy (non-hydrogen) atoms. The molecule has 144 valence electrons. The van der Waals surface area contributed by atoms with E-state index in [2.05, 4.69) is 34.1 Å². The van der Waals surface area contributed by atoms with Gasteiger partial charge in [-0.05, 0) is 49.3 Å². The molecule has 0 spiro atoms. The number of amides is 1. The minimum Gasteiger partial charge on any atom is -0.384 e. The predicted molar refractivity (Wildman–Crippen MR) is 107 cm³/mol. The lowest BCUT2D eigenvalue weighted by molar-refractivity contribution is -0.126. The van der Waals surface area contributed by atoms with Gasteiger partial charge >= 0.3 is 0 Å². The van der Waals surface area contributed by atoms with Crippen molar-refractivity contribution >= 4 is 22.6 Å². The number of pyridine rings is 1. The maximum absolute atomic E-state index is 11.7. The fourth-order valence-electron chi connectivity index (χ4n) is 4.18. The van der Waals surface area contributed by atoms with Crippen LogP contribution in [-0.4, -0.2) is 53.6 Å². The number of carbonyl (C=O) groups excluding carboxylic acids is 1. The van der Waals surface area contributed by atoms with Gasteiger partial charge in [-0.1, -0.05) is 6.58 Å². The summed E-state index contributed by atoms with van der Waals surface area (Å²) < 4.78 is 5.48. The molecule has 4 rings (SSSR count). The van der Waals surface area contributed by atoms with Crippen LogP contribution in [0.15, 0.2) is 31.1 Å². The first-order valence-electron chi connectivity index (χ1n) is 9.83. The summed E-state index contributed by atoms with van der Waals surface area (Å²) in [6.07, 6.45) is 9.84. The molecule has 1 atom stereocenters. The second-order valence-electron chi connectivity index (χ2n) is 7.71. The van der Waals surface area contributed by atoms with Gasteiger partial charge in [-0.2, -0.15) is 0 Å². The molecule has 6 nitrogen and oxygen atoms in total. The van der Waals surface area contributed by atoms with Crippen molar-refractivity contribution in [1.29, 1.82) is 0 Å². The van der Waals surface area contributed by atoms with E-state index in [-0.39, 0.29) is 5.91 Å². The molecule has 2 N–H and O–H groups in total. The van der Waals surface area contributed by atoms with Crippen LogP contribution in [0.2, 0.25) is 0 Å². The second-order valence-corrected chi connectivity index (χ2v) is 7.71. The van der Waals surface area contributed by atoms with Crippen molar-refractivity contribution in [1.82, 2.24) is 14.9 Å². The van der Waals surface area contributed by atoms with Gasteiger partial charge in [0.05, 0.1) is 18.5 Å². The van der Waals surface area contributed by atoms with Crippen LogP contribution in [-0.2, 0) is 9.53 Å². The Bertz CT molecular complexity index is 819. The number of aromatic amines is 1. The molecular formula is C21H28N4O2. The highest BCUT2D eigenvalue weighted by Crippen LogP contribution is 2.44. The molecule has 1 amide bonds. The molecule has 6 heteroatoms. The zero-order valence-corrected chi connectivity index (χ0v) is 15.9. The van der Waals surface area contributed by atoms with Crippen molar-refractivity contribution in [3.05, 3.63) is 36.7 Å². The zero-order valence-electron chi connectivity index (χ0n) is 15.9. The van der Waals surface area contributed by atoms with Gasteiger partial charge < -0.3 is 19.9 Å². The van der Waals surface area contributed by atoms with Crippen LogP contribution >= 0.6 is 0 Å². The number of H-pyrrole nitrogens is 1. The fraction of sp³-hybridized carbons (Fsp3) is 0.524. The number of hydrogen-bond acceptors (Lipinski definition) is 4. The average Bonchev–Trinajstić information content (AvgIpc) is 3.46. The number of aromatic nitrogens is 2. The van der Waals surface area contributed by atoms with Crippen molar-refractivity contribution < 1.29 is 9.53 Å². The highest BCUT2D eigenvalue weighted by atomic mass is 16.5. The molecule has 1 aliphatic carbocycles. The van der Waals surface area contributed by atoms with Gasteiger partial charge in [-0.3, -0.25) is 4.79 Å². The summed E-state index contributed by atoms with van der Waals surface area (Å²) in [5.74, 6) is 1.19. The maximum Gasteiger partial charge on any atom is 0.245 e. The highest BCUT2D eigenvalue weighted by molar-refractivity contribution is 5.87. The minimum atomic E-state index is 0.0257. The summed E-state index contributed by atoms with van der Waals surface area (Å²) in [4.78, 5) is 21.5. The molecule has 2 aromatic heterocycles. The lowest BCUT2D eigenvalue weighted by Crippen LogP contribution is -2.41. The smallest absolute Gasteiger partial charge is 0.245 e. The van der Waals surface area contributed by atoms with E-state index >= 15 is 0 Å². The first-order chi connectivity index (χ1) is 13.2. The van der Waals surface area contributed by atoms with Gasteiger partial charge in [0.25, 0.3) is 0 Å². The average molecular weight is 368 g/mol. The summed E-state index contributed by atoms with van der Waals surface area (Å²) in [5, 5.41) is 4.80. The van der Waals surface area contributed by atoms with E-state index in [4.69, 9.17) is 4.74 Å². The summed E-state index contributed by atoms with van der Waals surface area (Å²) in [5.41, 5.74) is 3.30. The third-order valence-corrected chi connectivity index (χ3v) is 5.85. The quantitative estimate of drug-likeness (QED) is 0.736. The number of piperidine rings is 1. The number of nitrogens with one attached hydrogen (secondary N) is 2. The molecule has 1 aliphatic heterocycles. The van der Waals surface area contributed by atoms with Crippen molar-refractivity contribution in [2.24, 2.45) is 5.92 Å². The van der Waals surface area contributed by atoms with Gasteiger partial charge in [0.15, 0.2) is 0 Å². The molecule has 0 radical (unpaired) electrons. The zero-order chi connectivity index (χ0) is 18.8. The van der Waals surface area contributed by atoms with Gasteiger partial charge in [-0.25, -0.2) is 4.98 Å². The van der Waals surface area contributed by atoms with Crippen LogP contribution in [0.4, 0.5) is 5.69 Å². The van der Waals surface area contributed by atoms with Gasteiger partial charge in [0.2, 0.25) is 5.91 Å². The number of anilines is 1. The molecule has 1 saturated carbocycles. The topological polar surface area (TPSA) is 70.2 Å². The van der Waals surface area contributed by atoms with Crippen molar-refractivity contribution in [3.63, 3.8) is 0 Å². The number of hydrogen-bond donors (Lipinski definition) is 2. The van der Waals surface area contributed by atoms with E-state index in [1.807, 2.05) is 11.1 Å². The number of likely N-dealkylation sites (tertiary alicyclic amines) is 1. The molecule has 3 heterocycles. The predicted octanol–water partition coefficient (Wildman–Crippen LogP) is 3.29. The number of carbonyl (C=O) groups is 1. The summed E-state index contributed by atoms with van der Waals surface area (Å²) in [7, 11) is 1.78. The Morgan fingerprint density at radius 3 is 2.89 bits per heavy atom. The Balaban J connectivity index is 1.48. The Morgan fingerprint density at radius 1 is 1.44 bits per heavy atom. The number of ether oxygens (including phenoxy) is 1. The third-order valence-electron chi connectivity index (χ3n) is 5.85. The maximum atomic E-state index is 11.7. The van der Waals surface area contributed by atoms with Gasteiger partial charge in [-0.15, -0.1) is 0 Å². The minimum absolute atomic E-state index is 0.0257. The first-order valence-corrected chi connectivity index (χ1v) is 9.83. The summed E-state index contributed by atoms with van der Waals surface area (Å²) in [6, 6.07) is 2.57. The number of fused-ring (bicyclic) bond motifs is 1. The lowest BCUT2D eigenvalue weighted by Gasteiger charge is -2.32. The molecule has 0 bridgehead atoms. The monoisotopic (exact) mass is 368 g/mol. The number of methoxy groups -OCH3 is 1. The lowest BCUT2D eigenvalue weighted by atomic mass is 9.95. The molecule has 0 aromatic carbocycles. The van der Waals surface area contributed by atoms with E-state index < -0.39 is 0 Å². The van der Waals surface area contributed by atoms with Crippen LogP contribution in [0, 0.1) is 5.92 Å². The number of nitrogens with zero attached hydrogens (tertiary/aromatic N) is 2. The molecule has 2 aliphatic rings. The molecule has 1 unspecified atom stereocenters. The largest absolute Gasteiger partial charge is 0.384 e. The second kappa shape index (κ2) is 7.72. The van der Waals surface area contributed by atoms with Crippen LogP contribution in [0.3, 0.4) is 0 Å². The van der Waals surface area contributed by atoms with Gasteiger partial charge in [0, 0.05) is 43.7 Å². The van der Waals surface area contributed by atoms with E-state index in [1.165, 1.54) is 29.9 Å². The SMILES string of the molecule is C=CC(=O)N1CCC(Nc2cnc3[nH]cc(C(COC)C4CC4)c3c2)CC1. The van der Waals surface area contributed by atoms with Crippen LogP contribution in [0.25, 0.3) is 11.0 Å². The first kappa shape index (κ1) is 18.0. The van der Waals surface area contributed by atoms with Crippen LogP contribution < -0.4 is 5.32 Å². The Morgan fingerprint density at radius 2 is 2.22 bits per heavy atom. The van der Waals surface area contributed by atoms with E-state index in [0.717, 1.165) is 49.8 Å². The van der Waals surface area contributed by atoms with Crippen molar-refractivity contribution in [2.75, 3.05) is 32.1 Å². The van der Waals surface area contributed by atoms with E-state index in [0.29, 0.717) is 12.0 Å². The summed E-state index contributed by atoms with van der Waals surface area (Å²) in [6.45, 7) is 5.86. The van der Waals surface area contributed by atoms with E-state index in [1.54, 1.807) is 7.11 Å². The number of rotatable bonds is 7. The molecule has 2 fully saturated rings. The molecular weight excluding hydrogens is 340 g/mol. The summed E-state index contributed by atoms with van der Waals surface area (Å²) >= 11 is 0. The van der Waals surface area contributed by atoms with Crippen LogP contribution in [0.5, 0.6) is 0 Å². The third kappa shape index (κ3) is 3.86. The highest BCUT2D eigenvalue weighted by Gasteiger charge is 2.33. The normalized spacial score (nSPS) is 19.2. The van der Waals surface area contributed by atoms with Crippen molar-refractivity contribution in [2.45, 2.75) is 37.6 Å². The van der Waals surface area contributed by atoms with E-state index in [9.17, 15) is 4.79 Å². The Kier molecular flexibility index (Phi) is 5.16. The fourth-order valence-corrected chi connectivity index (χ4v) is 4.18. The Hall–Kier alpha value is -2.34. The molecule has 1 saturated heterocycles. The Labute approximate surface area is 160 Å². The van der Waals surface area contributed by atoms with Crippen molar-refractivity contribution in [3.8, 4) is 0 Å². The standard InChI is InChI=1S/C21H28N4O2/c1-3-20(26)25-8-6-15(7-9-25)24-16-10-17-18(12-23-21(17)22-11-16)19(13-27-2)14-4-5-14/h3,10-12,14-15,19,24H,1,4-9,13H2,2H3,(H,22,23). The van der Waals surface area contributed by atoms with Gasteiger partial charge in [0.1, 0.15) is 5.65 Å².